The lowest BCUT2D eigenvalue weighted by atomic mass is 10.1. The van der Waals surface area contributed by atoms with Gasteiger partial charge < -0.3 is 10.1 Å². The van der Waals surface area contributed by atoms with Crippen LogP contribution in [0.5, 0.6) is 5.75 Å². The van der Waals surface area contributed by atoms with Crippen molar-refractivity contribution in [1.82, 2.24) is 5.32 Å². The Morgan fingerprint density at radius 1 is 1.11 bits per heavy atom. The Hall–Kier alpha value is -1.80. The summed E-state index contributed by atoms with van der Waals surface area (Å²) in [6.07, 6.45) is 4.31. The lowest BCUT2D eigenvalue weighted by Gasteiger charge is -2.05. The van der Waals surface area contributed by atoms with E-state index in [0.717, 1.165) is 12.3 Å². The van der Waals surface area contributed by atoms with Crippen LogP contribution in [0.4, 0.5) is 0 Å². The van der Waals surface area contributed by atoms with Crippen LogP contribution in [0.2, 0.25) is 0 Å². The second kappa shape index (κ2) is 6.39. The lowest BCUT2D eigenvalue weighted by Crippen LogP contribution is -2.22. The standard InChI is InChI=1S/C17H21NO/c1-13(2)18-10-4-5-14-6-7-16-12-17(19-3)9-8-15(16)11-14/h4-9,11-13,18H,10H2,1-3H3. The minimum atomic E-state index is 0.522. The van der Waals surface area contributed by atoms with Crippen molar-refractivity contribution in [2.75, 3.05) is 13.7 Å². The molecule has 0 aliphatic rings. The first-order valence-corrected chi connectivity index (χ1v) is 6.67. The summed E-state index contributed by atoms with van der Waals surface area (Å²) in [7, 11) is 1.69. The Labute approximate surface area is 115 Å². The number of ether oxygens (including phenoxy) is 1. The van der Waals surface area contributed by atoms with Gasteiger partial charge in [-0.15, -0.1) is 0 Å². The van der Waals surface area contributed by atoms with E-state index in [0.29, 0.717) is 6.04 Å². The van der Waals surface area contributed by atoms with E-state index < -0.39 is 0 Å². The molecule has 0 amide bonds. The van der Waals surface area contributed by atoms with Gasteiger partial charge in [0.15, 0.2) is 0 Å². The molecule has 0 unspecified atom stereocenters. The van der Waals surface area contributed by atoms with Crippen molar-refractivity contribution in [3.05, 3.63) is 48.0 Å². The van der Waals surface area contributed by atoms with Crippen molar-refractivity contribution in [3.63, 3.8) is 0 Å². The Bertz CT molecular complexity index is 572. The Morgan fingerprint density at radius 3 is 2.58 bits per heavy atom. The van der Waals surface area contributed by atoms with Gasteiger partial charge in [0.2, 0.25) is 0 Å². The van der Waals surface area contributed by atoms with Gasteiger partial charge in [0.1, 0.15) is 5.75 Å². The van der Waals surface area contributed by atoms with Crippen molar-refractivity contribution < 1.29 is 4.74 Å². The molecular weight excluding hydrogens is 234 g/mol. The molecule has 2 aromatic carbocycles. The van der Waals surface area contributed by atoms with Crippen molar-refractivity contribution >= 4 is 16.8 Å². The highest BCUT2D eigenvalue weighted by Gasteiger charge is 1.97. The molecule has 0 aliphatic heterocycles. The number of hydrogen-bond donors (Lipinski definition) is 1. The number of benzene rings is 2. The molecule has 0 aliphatic carbocycles. The summed E-state index contributed by atoms with van der Waals surface area (Å²) in [5, 5.41) is 5.81. The third-order valence-corrected chi connectivity index (χ3v) is 3.03. The summed E-state index contributed by atoms with van der Waals surface area (Å²) in [5.41, 5.74) is 1.23. The van der Waals surface area contributed by atoms with Gasteiger partial charge in [-0.25, -0.2) is 0 Å². The molecule has 0 aromatic heterocycles. The normalized spacial score (nSPS) is 11.6. The fourth-order valence-electron chi connectivity index (χ4n) is 1.97. The van der Waals surface area contributed by atoms with Crippen molar-refractivity contribution in [1.29, 1.82) is 0 Å². The smallest absolute Gasteiger partial charge is 0.119 e. The van der Waals surface area contributed by atoms with E-state index in [2.05, 4.69) is 61.6 Å². The number of nitrogens with one attached hydrogen (secondary N) is 1. The molecule has 2 aromatic rings. The van der Waals surface area contributed by atoms with Crippen molar-refractivity contribution in [3.8, 4) is 5.75 Å². The maximum absolute atomic E-state index is 5.23. The molecule has 19 heavy (non-hydrogen) atoms. The SMILES string of the molecule is COc1ccc2cc(C=CCNC(C)C)ccc2c1. The van der Waals surface area contributed by atoms with Crippen LogP contribution in [0, 0.1) is 0 Å². The van der Waals surface area contributed by atoms with E-state index in [1.807, 2.05) is 6.07 Å². The molecule has 0 heterocycles. The second-order valence-electron chi connectivity index (χ2n) is 4.94. The Kier molecular flexibility index (Phi) is 4.58. The van der Waals surface area contributed by atoms with Crippen LogP contribution >= 0.6 is 0 Å². The predicted molar refractivity (Wildman–Crippen MR) is 82.7 cm³/mol. The summed E-state index contributed by atoms with van der Waals surface area (Å²) >= 11 is 0. The molecule has 2 rings (SSSR count). The summed E-state index contributed by atoms with van der Waals surface area (Å²) in [5.74, 6) is 0.900. The first-order valence-electron chi connectivity index (χ1n) is 6.67. The van der Waals surface area contributed by atoms with Crippen LogP contribution in [0.15, 0.2) is 42.5 Å². The molecule has 0 saturated heterocycles. The maximum Gasteiger partial charge on any atom is 0.119 e. The summed E-state index contributed by atoms with van der Waals surface area (Å²) < 4.78 is 5.23. The van der Waals surface area contributed by atoms with E-state index in [1.165, 1.54) is 16.3 Å². The molecular formula is C17H21NO. The molecule has 0 bridgehead atoms. The predicted octanol–water partition coefficient (Wildman–Crippen LogP) is 3.86. The number of methoxy groups -OCH3 is 1. The highest BCUT2D eigenvalue weighted by Crippen LogP contribution is 2.22. The minimum Gasteiger partial charge on any atom is -0.497 e. The highest BCUT2D eigenvalue weighted by molar-refractivity contribution is 5.86. The topological polar surface area (TPSA) is 21.3 Å². The third kappa shape index (κ3) is 3.83. The van der Waals surface area contributed by atoms with E-state index in [4.69, 9.17) is 4.74 Å². The van der Waals surface area contributed by atoms with E-state index in [-0.39, 0.29) is 0 Å². The van der Waals surface area contributed by atoms with Gasteiger partial charge in [0.25, 0.3) is 0 Å². The molecule has 100 valence electrons. The van der Waals surface area contributed by atoms with Gasteiger partial charge in [0, 0.05) is 12.6 Å². The van der Waals surface area contributed by atoms with Crippen LogP contribution < -0.4 is 10.1 Å². The average Bonchev–Trinajstić information content (AvgIpc) is 2.42. The molecule has 0 spiro atoms. The van der Waals surface area contributed by atoms with Crippen LogP contribution in [0.25, 0.3) is 16.8 Å². The maximum atomic E-state index is 5.23. The second-order valence-corrected chi connectivity index (χ2v) is 4.94. The van der Waals surface area contributed by atoms with Gasteiger partial charge in [-0.1, -0.05) is 44.2 Å². The molecule has 0 radical (unpaired) electrons. The minimum absolute atomic E-state index is 0.522. The number of fused-ring (bicyclic) bond motifs is 1. The lowest BCUT2D eigenvalue weighted by molar-refractivity contribution is 0.415. The van der Waals surface area contributed by atoms with Crippen LogP contribution in [-0.4, -0.2) is 19.7 Å². The van der Waals surface area contributed by atoms with Crippen molar-refractivity contribution in [2.24, 2.45) is 0 Å². The fraction of sp³-hybridized carbons (Fsp3) is 0.294. The summed E-state index contributed by atoms with van der Waals surface area (Å²) in [4.78, 5) is 0. The first kappa shape index (κ1) is 13.6. The van der Waals surface area contributed by atoms with Crippen LogP contribution in [0.1, 0.15) is 19.4 Å². The van der Waals surface area contributed by atoms with E-state index >= 15 is 0 Å². The van der Waals surface area contributed by atoms with Crippen LogP contribution in [-0.2, 0) is 0 Å². The zero-order chi connectivity index (χ0) is 13.7. The van der Waals surface area contributed by atoms with Gasteiger partial charge in [-0.3, -0.25) is 0 Å². The number of rotatable bonds is 5. The average molecular weight is 255 g/mol. The molecule has 2 nitrogen and oxygen atoms in total. The quantitative estimate of drug-likeness (QED) is 0.876. The van der Waals surface area contributed by atoms with Crippen LogP contribution in [0.3, 0.4) is 0 Å². The fourth-order valence-corrected chi connectivity index (χ4v) is 1.97. The van der Waals surface area contributed by atoms with Gasteiger partial charge >= 0.3 is 0 Å². The van der Waals surface area contributed by atoms with Gasteiger partial charge in [-0.05, 0) is 34.5 Å². The van der Waals surface area contributed by atoms with E-state index in [9.17, 15) is 0 Å². The monoisotopic (exact) mass is 255 g/mol. The molecule has 0 fully saturated rings. The highest BCUT2D eigenvalue weighted by atomic mass is 16.5. The number of hydrogen-bond acceptors (Lipinski definition) is 2. The Morgan fingerprint density at radius 2 is 1.84 bits per heavy atom. The molecule has 1 N–H and O–H groups in total. The first-order chi connectivity index (χ1) is 9.19. The molecule has 0 saturated carbocycles. The molecule has 2 heteroatoms. The summed E-state index contributed by atoms with van der Waals surface area (Å²) in [6.45, 7) is 5.20. The summed E-state index contributed by atoms with van der Waals surface area (Å²) in [6, 6.07) is 13.1. The largest absolute Gasteiger partial charge is 0.497 e. The Balaban J connectivity index is 2.13. The van der Waals surface area contributed by atoms with E-state index in [1.54, 1.807) is 7.11 Å². The zero-order valence-electron chi connectivity index (χ0n) is 11.8. The van der Waals surface area contributed by atoms with Gasteiger partial charge in [-0.2, -0.15) is 0 Å². The van der Waals surface area contributed by atoms with Gasteiger partial charge in [0.05, 0.1) is 7.11 Å². The molecule has 0 atom stereocenters. The zero-order valence-corrected chi connectivity index (χ0v) is 11.8. The van der Waals surface area contributed by atoms with Crippen molar-refractivity contribution in [2.45, 2.75) is 19.9 Å². The third-order valence-electron chi connectivity index (χ3n) is 3.03.